The molecule has 0 aliphatic carbocycles. The molecular formula is C18H24N4O3S. The highest BCUT2D eigenvalue weighted by Crippen LogP contribution is 2.30. The second-order valence-corrected chi connectivity index (χ2v) is 7.38. The lowest BCUT2D eigenvalue weighted by atomic mass is 10.2. The third kappa shape index (κ3) is 4.19. The fourth-order valence-corrected chi connectivity index (χ4v) is 3.63. The zero-order chi connectivity index (χ0) is 18.5. The molecular weight excluding hydrogens is 352 g/mol. The van der Waals surface area contributed by atoms with Gasteiger partial charge >= 0.3 is 5.97 Å². The number of anilines is 1. The van der Waals surface area contributed by atoms with Gasteiger partial charge in [-0.25, -0.2) is 0 Å². The van der Waals surface area contributed by atoms with Crippen LogP contribution in [0.1, 0.15) is 19.4 Å². The van der Waals surface area contributed by atoms with E-state index in [0.29, 0.717) is 25.0 Å². The van der Waals surface area contributed by atoms with Crippen LogP contribution in [0, 0.1) is 6.92 Å². The van der Waals surface area contributed by atoms with Gasteiger partial charge in [0.05, 0.1) is 25.5 Å². The zero-order valence-corrected chi connectivity index (χ0v) is 16.2. The predicted molar refractivity (Wildman–Crippen MR) is 101 cm³/mol. The number of rotatable bonds is 6. The SMILES string of the molecule is CCOC(=O)[C@H](C)Sc1nnc(N2CCOCC2)n1-c1cccc(C)c1. The van der Waals surface area contributed by atoms with E-state index in [-0.39, 0.29) is 11.2 Å². The maximum atomic E-state index is 12.0. The number of hydrogen-bond donors (Lipinski definition) is 0. The highest BCUT2D eigenvalue weighted by atomic mass is 32.2. The maximum absolute atomic E-state index is 12.0. The molecule has 0 amide bonds. The van der Waals surface area contributed by atoms with Crippen molar-refractivity contribution >= 4 is 23.7 Å². The Morgan fingerprint density at radius 3 is 2.81 bits per heavy atom. The summed E-state index contributed by atoms with van der Waals surface area (Å²) in [6.45, 7) is 8.92. The Morgan fingerprint density at radius 2 is 2.12 bits per heavy atom. The summed E-state index contributed by atoms with van der Waals surface area (Å²) in [5, 5.41) is 9.10. The van der Waals surface area contributed by atoms with Crippen molar-refractivity contribution in [2.45, 2.75) is 31.2 Å². The normalized spacial score (nSPS) is 15.7. The highest BCUT2D eigenvalue weighted by Gasteiger charge is 2.25. The third-order valence-corrected chi connectivity index (χ3v) is 5.09. The van der Waals surface area contributed by atoms with E-state index in [1.165, 1.54) is 11.8 Å². The first-order chi connectivity index (χ1) is 12.6. The van der Waals surface area contributed by atoms with E-state index in [1.807, 2.05) is 23.6 Å². The molecule has 3 rings (SSSR count). The molecule has 8 heteroatoms. The molecule has 26 heavy (non-hydrogen) atoms. The Hall–Kier alpha value is -2.06. The van der Waals surface area contributed by atoms with Gasteiger partial charge in [-0.15, -0.1) is 10.2 Å². The number of nitrogens with zero attached hydrogens (tertiary/aromatic N) is 4. The van der Waals surface area contributed by atoms with Crippen LogP contribution >= 0.6 is 11.8 Å². The van der Waals surface area contributed by atoms with Crippen molar-refractivity contribution in [1.82, 2.24) is 14.8 Å². The molecule has 0 radical (unpaired) electrons. The largest absolute Gasteiger partial charge is 0.465 e. The summed E-state index contributed by atoms with van der Waals surface area (Å²) in [5.41, 5.74) is 2.13. The van der Waals surface area contributed by atoms with Gasteiger partial charge in [0.15, 0.2) is 5.16 Å². The number of ether oxygens (including phenoxy) is 2. The molecule has 1 aliphatic rings. The predicted octanol–water partition coefficient (Wildman–Crippen LogP) is 2.46. The standard InChI is InChI=1S/C18H24N4O3S/c1-4-25-16(23)14(3)26-18-20-19-17(21-8-10-24-11-9-21)22(18)15-7-5-6-13(2)12-15/h5-7,12,14H,4,8-11H2,1-3H3/t14-/m0/s1. The summed E-state index contributed by atoms with van der Waals surface area (Å²) in [4.78, 5) is 14.2. The molecule has 0 N–H and O–H groups in total. The Bertz CT molecular complexity index is 759. The summed E-state index contributed by atoms with van der Waals surface area (Å²) in [5.74, 6) is 0.529. The molecule has 0 spiro atoms. The second kappa shape index (κ2) is 8.55. The van der Waals surface area contributed by atoms with Crippen molar-refractivity contribution in [3.05, 3.63) is 29.8 Å². The summed E-state index contributed by atoms with van der Waals surface area (Å²) < 4.78 is 12.6. The van der Waals surface area contributed by atoms with Crippen LogP contribution in [0.5, 0.6) is 0 Å². The van der Waals surface area contributed by atoms with Crippen LogP contribution in [0.4, 0.5) is 5.95 Å². The molecule has 1 fully saturated rings. The minimum absolute atomic E-state index is 0.246. The number of aromatic nitrogens is 3. The van der Waals surface area contributed by atoms with Crippen molar-refractivity contribution < 1.29 is 14.3 Å². The first kappa shape index (κ1) is 18.7. The number of thioether (sulfide) groups is 1. The van der Waals surface area contributed by atoms with Crippen LogP contribution in [0.15, 0.2) is 29.4 Å². The quantitative estimate of drug-likeness (QED) is 0.566. The molecule has 1 aliphatic heterocycles. The molecule has 0 unspecified atom stereocenters. The number of aryl methyl sites for hydroxylation is 1. The fourth-order valence-electron chi connectivity index (χ4n) is 2.77. The summed E-state index contributed by atoms with van der Waals surface area (Å²) in [6.07, 6.45) is 0. The smallest absolute Gasteiger partial charge is 0.319 e. The van der Waals surface area contributed by atoms with Crippen LogP contribution < -0.4 is 4.90 Å². The Morgan fingerprint density at radius 1 is 1.35 bits per heavy atom. The van der Waals surface area contributed by atoms with E-state index in [2.05, 4.69) is 34.2 Å². The molecule has 1 saturated heterocycles. The van der Waals surface area contributed by atoms with Crippen LogP contribution in [0.3, 0.4) is 0 Å². The number of esters is 1. The topological polar surface area (TPSA) is 69.5 Å². The van der Waals surface area contributed by atoms with Gasteiger partial charge in [-0.2, -0.15) is 0 Å². The van der Waals surface area contributed by atoms with E-state index in [0.717, 1.165) is 30.3 Å². The van der Waals surface area contributed by atoms with Crippen LogP contribution in [-0.4, -0.2) is 58.9 Å². The lowest BCUT2D eigenvalue weighted by Gasteiger charge is -2.28. The first-order valence-corrected chi connectivity index (χ1v) is 9.66. The Labute approximate surface area is 157 Å². The lowest BCUT2D eigenvalue weighted by molar-refractivity contribution is -0.142. The number of benzene rings is 1. The van der Waals surface area contributed by atoms with Crippen LogP contribution in [0.2, 0.25) is 0 Å². The molecule has 1 aromatic heterocycles. The average molecular weight is 376 g/mol. The van der Waals surface area contributed by atoms with Gasteiger partial charge in [-0.1, -0.05) is 23.9 Å². The van der Waals surface area contributed by atoms with Gasteiger partial charge in [0, 0.05) is 13.1 Å². The van der Waals surface area contributed by atoms with Gasteiger partial charge in [0.1, 0.15) is 5.25 Å². The van der Waals surface area contributed by atoms with Crippen molar-refractivity contribution in [2.75, 3.05) is 37.8 Å². The van der Waals surface area contributed by atoms with Crippen molar-refractivity contribution in [1.29, 1.82) is 0 Å². The number of hydrogen-bond acceptors (Lipinski definition) is 7. The minimum Gasteiger partial charge on any atom is -0.465 e. The summed E-state index contributed by atoms with van der Waals surface area (Å²) in [6, 6.07) is 8.18. The lowest BCUT2D eigenvalue weighted by Crippen LogP contribution is -2.37. The first-order valence-electron chi connectivity index (χ1n) is 8.78. The van der Waals surface area contributed by atoms with Crippen LogP contribution in [-0.2, 0) is 14.3 Å². The zero-order valence-electron chi connectivity index (χ0n) is 15.3. The van der Waals surface area contributed by atoms with Crippen molar-refractivity contribution in [3.8, 4) is 5.69 Å². The molecule has 140 valence electrons. The van der Waals surface area contributed by atoms with Gasteiger partial charge < -0.3 is 14.4 Å². The molecule has 1 aromatic carbocycles. The Balaban J connectivity index is 1.96. The summed E-state index contributed by atoms with van der Waals surface area (Å²) >= 11 is 1.36. The van der Waals surface area contributed by atoms with Gasteiger partial charge in [0.2, 0.25) is 5.95 Å². The number of carbonyl (C=O) groups excluding carboxylic acids is 1. The van der Waals surface area contributed by atoms with E-state index < -0.39 is 0 Å². The van der Waals surface area contributed by atoms with E-state index >= 15 is 0 Å². The minimum atomic E-state index is -0.361. The molecule has 1 atom stereocenters. The number of carbonyl (C=O) groups is 1. The Kier molecular flexibility index (Phi) is 6.16. The second-order valence-electron chi connectivity index (χ2n) is 6.07. The van der Waals surface area contributed by atoms with Gasteiger partial charge in [0.25, 0.3) is 0 Å². The molecule has 7 nitrogen and oxygen atoms in total. The van der Waals surface area contributed by atoms with Crippen molar-refractivity contribution in [3.63, 3.8) is 0 Å². The van der Waals surface area contributed by atoms with E-state index in [9.17, 15) is 4.79 Å². The van der Waals surface area contributed by atoms with Gasteiger partial charge in [-0.3, -0.25) is 9.36 Å². The average Bonchev–Trinajstić information content (AvgIpc) is 3.06. The maximum Gasteiger partial charge on any atom is 0.319 e. The molecule has 2 aromatic rings. The molecule has 0 bridgehead atoms. The highest BCUT2D eigenvalue weighted by molar-refractivity contribution is 8.00. The summed E-state index contributed by atoms with van der Waals surface area (Å²) in [7, 11) is 0. The van der Waals surface area contributed by atoms with E-state index in [1.54, 1.807) is 6.92 Å². The van der Waals surface area contributed by atoms with Gasteiger partial charge in [-0.05, 0) is 38.5 Å². The van der Waals surface area contributed by atoms with E-state index in [4.69, 9.17) is 9.47 Å². The molecule has 0 saturated carbocycles. The molecule has 2 heterocycles. The number of morpholine rings is 1. The van der Waals surface area contributed by atoms with Crippen LogP contribution in [0.25, 0.3) is 5.69 Å². The van der Waals surface area contributed by atoms with Crippen molar-refractivity contribution in [2.24, 2.45) is 0 Å². The third-order valence-electron chi connectivity index (χ3n) is 4.07. The fraction of sp³-hybridized carbons (Fsp3) is 0.500. The monoisotopic (exact) mass is 376 g/mol.